The lowest BCUT2D eigenvalue weighted by atomic mass is 10.0. The number of aromatic nitrogens is 1. The molecule has 1 aliphatic rings. The summed E-state index contributed by atoms with van der Waals surface area (Å²) in [6.07, 6.45) is 1.95. The molecule has 5 nitrogen and oxygen atoms in total. The summed E-state index contributed by atoms with van der Waals surface area (Å²) in [5, 5.41) is 6.71. The summed E-state index contributed by atoms with van der Waals surface area (Å²) >= 11 is 6.20. The summed E-state index contributed by atoms with van der Waals surface area (Å²) in [5.74, 6) is 0.882. The Balaban J connectivity index is 1.90. The van der Waals surface area contributed by atoms with Crippen LogP contribution in [0.15, 0.2) is 12.1 Å². The minimum Gasteiger partial charge on any atom is -0.373 e. The standard InChI is InChI=1S/C14H21ClN4O/c1-10(20)17-11-5-7-19(8-6-11)9-13-12(15)3-4-14(16-2)18-13/h3-4,11H,5-9H2,1-2H3,(H,16,18)(H,17,20). The lowest BCUT2D eigenvalue weighted by molar-refractivity contribution is -0.119. The Labute approximate surface area is 124 Å². The van der Waals surface area contributed by atoms with E-state index in [0.29, 0.717) is 11.1 Å². The highest BCUT2D eigenvalue weighted by Gasteiger charge is 2.20. The van der Waals surface area contributed by atoms with Crippen LogP contribution in [0, 0.1) is 0 Å². The summed E-state index contributed by atoms with van der Waals surface area (Å²) in [4.78, 5) is 17.9. The minimum atomic E-state index is 0.0508. The van der Waals surface area contributed by atoms with Gasteiger partial charge in [-0.3, -0.25) is 9.69 Å². The van der Waals surface area contributed by atoms with E-state index in [1.165, 1.54) is 0 Å². The van der Waals surface area contributed by atoms with Gasteiger partial charge in [0.15, 0.2) is 0 Å². The number of rotatable bonds is 4. The Hall–Kier alpha value is -1.33. The van der Waals surface area contributed by atoms with E-state index in [1.54, 1.807) is 6.92 Å². The zero-order valence-corrected chi connectivity index (χ0v) is 12.7. The predicted molar refractivity (Wildman–Crippen MR) is 80.9 cm³/mol. The van der Waals surface area contributed by atoms with Gasteiger partial charge in [-0.05, 0) is 25.0 Å². The molecular weight excluding hydrogens is 276 g/mol. The molecule has 1 aromatic rings. The Bertz CT molecular complexity index is 472. The molecule has 0 unspecified atom stereocenters. The van der Waals surface area contributed by atoms with E-state index in [9.17, 15) is 4.79 Å². The Morgan fingerprint density at radius 3 is 2.75 bits per heavy atom. The second kappa shape index (κ2) is 6.90. The lowest BCUT2D eigenvalue weighted by Crippen LogP contribution is -2.43. The largest absolute Gasteiger partial charge is 0.373 e. The average molecular weight is 297 g/mol. The molecule has 20 heavy (non-hydrogen) atoms. The summed E-state index contributed by atoms with van der Waals surface area (Å²) in [5.41, 5.74) is 0.900. The van der Waals surface area contributed by atoms with Crippen LogP contribution in [0.1, 0.15) is 25.5 Å². The molecule has 0 bridgehead atoms. The zero-order valence-electron chi connectivity index (χ0n) is 11.9. The number of halogens is 1. The lowest BCUT2D eigenvalue weighted by Gasteiger charge is -2.32. The molecule has 2 N–H and O–H groups in total. The van der Waals surface area contributed by atoms with Crippen molar-refractivity contribution >= 4 is 23.3 Å². The van der Waals surface area contributed by atoms with Gasteiger partial charge in [0.05, 0.1) is 10.7 Å². The first-order chi connectivity index (χ1) is 9.58. The molecule has 1 aromatic heterocycles. The van der Waals surface area contributed by atoms with Gasteiger partial charge in [0.2, 0.25) is 5.91 Å². The van der Waals surface area contributed by atoms with Gasteiger partial charge in [0.25, 0.3) is 0 Å². The monoisotopic (exact) mass is 296 g/mol. The van der Waals surface area contributed by atoms with Crippen LogP contribution in [0.5, 0.6) is 0 Å². The van der Waals surface area contributed by atoms with Crippen molar-refractivity contribution in [2.75, 3.05) is 25.5 Å². The summed E-state index contributed by atoms with van der Waals surface area (Å²) < 4.78 is 0. The number of nitrogens with one attached hydrogen (secondary N) is 2. The first-order valence-corrected chi connectivity index (χ1v) is 7.29. The first-order valence-electron chi connectivity index (χ1n) is 6.91. The van der Waals surface area contributed by atoms with Gasteiger partial charge in [-0.15, -0.1) is 0 Å². The molecule has 6 heteroatoms. The molecule has 1 aliphatic heterocycles. The first kappa shape index (κ1) is 15.1. The van der Waals surface area contributed by atoms with Gasteiger partial charge in [-0.25, -0.2) is 4.98 Å². The predicted octanol–water partition coefficient (Wildman–Crippen LogP) is 1.88. The number of piperidine rings is 1. The SMILES string of the molecule is CNc1ccc(Cl)c(CN2CCC(NC(C)=O)CC2)n1. The van der Waals surface area contributed by atoms with E-state index in [2.05, 4.69) is 20.5 Å². The number of carbonyl (C=O) groups is 1. The fourth-order valence-electron chi connectivity index (χ4n) is 2.47. The van der Waals surface area contributed by atoms with Gasteiger partial charge < -0.3 is 10.6 Å². The van der Waals surface area contributed by atoms with Crippen molar-refractivity contribution in [1.29, 1.82) is 0 Å². The average Bonchev–Trinajstić information content (AvgIpc) is 2.43. The van der Waals surface area contributed by atoms with Crippen LogP contribution >= 0.6 is 11.6 Å². The molecular formula is C14H21ClN4O. The highest BCUT2D eigenvalue weighted by Crippen LogP contribution is 2.20. The Morgan fingerprint density at radius 2 is 2.15 bits per heavy atom. The normalized spacial score (nSPS) is 16.9. The second-order valence-electron chi connectivity index (χ2n) is 5.13. The number of carbonyl (C=O) groups excluding carboxylic acids is 1. The van der Waals surface area contributed by atoms with Gasteiger partial charge in [0, 0.05) is 39.6 Å². The summed E-state index contributed by atoms with van der Waals surface area (Å²) in [6, 6.07) is 4.05. The van der Waals surface area contributed by atoms with E-state index in [1.807, 2.05) is 19.2 Å². The van der Waals surface area contributed by atoms with Crippen LogP contribution in [-0.4, -0.2) is 42.0 Å². The molecule has 0 atom stereocenters. The molecule has 1 saturated heterocycles. The van der Waals surface area contributed by atoms with Crippen LogP contribution in [-0.2, 0) is 11.3 Å². The van der Waals surface area contributed by atoms with E-state index in [-0.39, 0.29) is 5.91 Å². The summed E-state index contributed by atoms with van der Waals surface area (Å²) in [7, 11) is 1.85. The Morgan fingerprint density at radius 1 is 1.45 bits per heavy atom. The molecule has 0 radical (unpaired) electrons. The van der Waals surface area contributed by atoms with Crippen molar-refractivity contribution in [2.45, 2.75) is 32.4 Å². The van der Waals surface area contributed by atoms with E-state index in [0.717, 1.165) is 44.0 Å². The van der Waals surface area contributed by atoms with Crippen LogP contribution in [0.2, 0.25) is 5.02 Å². The third-order valence-electron chi connectivity index (χ3n) is 3.54. The van der Waals surface area contributed by atoms with Crippen molar-refractivity contribution < 1.29 is 4.79 Å². The molecule has 0 spiro atoms. The van der Waals surface area contributed by atoms with Gasteiger partial charge in [0.1, 0.15) is 5.82 Å². The number of anilines is 1. The number of nitrogens with zero attached hydrogens (tertiary/aromatic N) is 2. The molecule has 0 aromatic carbocycles. The second-order valence-corrected chi connectivity index (χ2v) is 5.53. The van der Waals surface area contributed by atoms with Gasteiger partial charge >= 0.3 is 0 Å². The van der Waals surface area contributed by atoms with Crippen molar-refractivity contribution in [3.05, 3.63) is 22.8 Å². The maximum atomic E-state index is 11.0. The molecule has 110 valence electrons. The maximum Gasteiger partial charge on any atom is 0.217 e. The molecule has 1 fully saturated rings. The topological polar surface area (TPSA) is 57.3 Å². The van der Waals surface area contributed by atoms with Crippen molar-refractivity contribution in [3.63, 3.8) is 0 Å². The highest BCUT2D eigenvalue weighted by atomic mass is 35.5. The molecule has 2 rings (SSSR count). The fraction of sp³-hybridized carbons (Fsp3) is 0.571. The van der Waals surface area contributed by atoms with E-state index in [4.69, 9.17) is 11.6 Å². The number of hydrogen-bond acceptors (Lipinski definition) is 4. The fourth-order valence-corrected chi connectivity index (χ4v) is 2.63. The summed E-state index contributed by atoms with van der Waals surface area (Å²) in [6.45, 7) is 4.22. The van der Waals surface area contributed by atoms with E-state index < -0.39 is 0 Å². The van der Waals surface area contributed by atoms with Gasteiger partial charge in [-0.2, -0.15) is 0 Å². The van der Waals surface area contributed by atoms with Crippen molar-refractivity contribution in [2.24, 2.45) is 0 Å². The number of pyridine rings is 1. The maximum absolute atomic E-state index is 11.0. The minimum absolute atomic E-state index is 0.0508. The Kier molecular flexibility index (Phi) is 5.20. The molecule has 0 saturated carbocycles. The van der Waals surface area contributed by atoms with Crippen LogP contribution in [0.3, 0.4) is 0 Å². The molecule has 1 amide bonds. The molecule has 0 aliphatic carbocycles. The third kappa shape index (κ3) is 4.08. The van der Waals surface area contributed by atoms with E-state index >= 15 is 0 Å². The smallest absolute Gasteiger partial charge is 0.217 e. The number of hydrogen-bond donors (Lipinski definition) is 2. The molecule has 2 heterocycles. The van der Waals surface area contributed by atoms with Crippen molar-refractivity contribution in [1.82, 2.24) is 15.2 Å². The van der Waals surface area contributed by atoms with Crippen LogP contribution in [0.25, 0.3) is 0 Å². The van der Waals surface area contributed by atoms with Crippen LogP contribution in [0.4, 0.5) is 5.82 Å². The van der Waals surface area contributed by atoms with Crippen molar-refractivity contribution in [3.8, 4) is 0 Å². The quantitative estimate of drug-likeness (QED) is 0.891. The zero-order chi connectivity index (χ0) is 14.5. The van der Waals surface area contributed by atoms with Gasteiger partial charge in [-0.1, -0.05) is 11.6 Å². The third-order valence-corrected chi connectivity index (χ3v) is 3.89. The highest BCUT2D eigenvalue weighted by molar-refractivity contribution is 6.31. The number of likely N-dealkylation sites (tertiary alicyclic amines) is 1. The van der Waals surface area contributed by atoms with Crippen LogP contribution < -0.4 is 10.6 Å². The number of amides is 1.